The van der Waals surface area contributed by atoms with Crippen LogP contribution in [0.1, 0.15) is 31.2 Å². The number of hydrogen-bond acceptors (Lipinski definition) is 2. The lowest BCUT2D eigenvalue weighted by molar-refractivity contribution is -0.00203. The van der Waals surface area contributed by atoms with Crippen LogP contribution in [0.25, 0.3) is 0 Å². The highest BCUT2D eigenvalue weighted by Gasteiger charge is 2.33. The van der Waals surface area contributed by atoms with Crippen molar-refractivity contribution in [2.75, 3.05) is 0 Å². The van der Waals surface area contributed by atoms with E-state index in [4.69, 9.17) is 5.73 Å². The summed E-state index contributed by atoms with van der Waals surface area (Å²) < 4.78 is 1.07. The van der Waals surface area contributed by atoms with Crippen LogP contribution in [-0.4, -0.2) is 16.7 Å². The topological polar surface area (TPSA) is 46.2 Å². The second-order valence-electron chi connectivity index (χ2n) is 4.85. The van der Waals surface area contributed by atoms with Gasteiger partial charge in [-0.05, 0) is 37.3 Å². The van der Waals surface area contributed by atoms with E-state index in [2.05, 4.69) is 22.0 Å². The molecule has 2 nitrogen and oxygen atoms in total. The number of rotatable bonds is 2. The van der Waals surface area contributed by atoms with Crippen molar-refractivity contribution < 1.29 is 5.11 Å². The van der Waals surface area contributed by atoms with Gasteiger partial charge < -0.3 is 10.8 Å². The van der Waals surface area contributed by atoms with Gasteiger partial charge >= 0.3 is 0 Å². The predicted octanol–water partition coefficient (Wildman–Crippen LogP) is 2.62. The second-order valence-corrected chi connectivity index (χ2v) is 5.70. The molecule has 2 unspecified atom stereocenters. The van der Waals surface area contributed by atoms with Crippen molar-refractivity contribution >= 4 is 15.9 Å². The smallest absolute Gasteiger partial charge is 0.0703 e. The van der Waals surface area contributed by atoms with Gasteiger partial charge in [-0.1, -0.05) is 34.1 Å². The molecule has 0 radical (unpaired) electrons. The Labute approximate surface area is 105 Å². The standard InChI is InChI=1S/C13H18BrNO/c14-12-6-2-1-4-10(12)8-13(16)7-3-5-11(15)9-13/h1-2,4,6,11,16H,3,5,7-9,15H2. The predicted molar refractivity (Wildman–Crippen MR) is 69.2 cm³/mol. The fourth-order valence-corrected chi connectivity index (χ4v) is 2.97. The Kier molecular flexibility index (Phi) is 3.67. The first-order valence-electron chi connectivity index (χ1n) is 5.80. The van der Waals surface area contributed by atoms with Gasteiger partial charge in [0.25, 0.3) is 0 Å². The van der Waals surface area contributed by atoms with E-state index >= 15 is 0 Å². The number of nitrogens with two attached hydrogens (primary N) is 1. The highest BCUT2D eigenvalue weighted by Crippen LogP contribution is 2.32. The summed E-state index contributed by atoms with van der Waals surface area (Å²) in [6.45, 7) is 0. The van der Waals surface area contributed by atoms with E-state index in [1.165, 1.54) is 5.56 Å². The van der Waals surface area contributed by atoms with Crippen LogP contribution in [0.3, 0.4) is 0 Å². The molecule has 0 saturated heterocycles. The monoisotopic (exact) mass is 283 g/mol. The molecule has 3 N–H and O–H groups in total. The van der Waals surface area contributed by atoms with Crippen molar-refractivity contribution in [2.24, 2.45) is 5.73 Å². The number of hydrogen-bond donors (Lipinski definition) is 2. The van der Waals surface area contributed by atoms with Gasteiger partial charge in [0.05, 0.1) is 5.60 Å². The molecule has 0 spiro atoms. The molecular formula is C13H18BrNO. The minimum absolute atomic E-state index is 0.154. The first-order chi connectivity index (χ1) is 7.59. The molecule has 1 aliphatic rings. The molecule has 16 heavy (non-hydrogen) atoms. The lowest BCUT2D eigenvalue weighted by Crippen LogP contribution is -2.42. The quantitative estimate of drug-likeness (QED) is 0.877. The van der Waals surface area contributed by atoms with Gasteiger partial charge in [0, 0.05) is 16.9 Å². The Morgan fingerprint density at radius 1 is 1.44 bits per heavy atom. The summed E-state index contributed by atoms with van der Waals surface area (Å²) in [5, 5.41) is 10.5. The van der Waals surface area contributed by atoms with Gasteiger partial charge in [-0.15, -0.1) is 0 Å². The van der Waals surface area contributed by atoms with E-state index in [1.54, 1.807) is 0 Å². The van der Waals surface area contributed by atoms with Crippen LogP contribution in [-0.2, 0) is 6.42 Å². The van der Waals surface area contributed by atoms with E-state index < -0.39 is 5.60 Å². The molecule has 2 rings (SSSR count). The molecule has 0 heterocycles. The van der Waals surface area contributed by atoms with Crippen LogP contribution in [0.5, 0.6) is 0 Å². The van der Waals surface area contributed by atoms with Crippen molar-refractivity contribution in [1.29, 1.82) is 0 Å². The summed E-state index contributed by atoms with van der Waals surface area (Å²) in [6.07, 6.45) is 4.35. The molecule has 0 aromatic heterocycles. The average Bonchev–Trinajstić information content (AvgIpc) is 2.21. The van der Waals surface area contributed by atoms with Gasteiger partial charge in [-0.2, -0.15) is 0 Å². The first-order valence-corrected chi connectivity index (χ1v) is 6.60. The fraction of sp³-hybridized carbons (Fsp3) is 0.538. The van der Waals surface area contributed by atoms with Crippen molar-refractivity contribution in [2.45, 2.75) is 43.7 Å². The van der Waals surface area contributed by atoms with Crippen molar-refractivity contribution in [1.82, 2.24) is 0 Å². The van der Waals surface area contributed by atoms with Gasteiger partial charge in [-0.25, -0.2) is 0 Å². The lowest BCUT2D eigenvalue weighted by atomic mass is 9.78. The van der Waals surface area contributed by atoms with Gasteiger partial charge in [0.1, 0.15) is 0 Å². The summed E-state index contributed by atoms with van der Waals surface area (Å²) in [5.74, 6) is 0. The Balaban J connectivity index is 2.11. The summed E-state index contributed by atoms with van der Waals surface area (Å²) in [5.41, 5.74) is 6.49. The molecule has 1 aromatic carbocycles. The third-order valence-electron chi connectivity index (χ3n) is 3.34. The van der Waals surface area contributed by atoms with Gasteiger partial charge in [0.15, 0.2) is 0 Å². The molecule has 0 bridgehead atoms. The van der Waals surface area contributed by atoms with Crippen LogP contribution in [0, 0.1) is 0 Å². The van der Waals surface area contributed by atoms with Crippen molar-refractivity contribution in [3.05, 3.63) is 34.3 Å². The Hall–Kier alpha value is -0.380. The Morgan fingerprint density at radius 3 is 2.88 bits per heavy atom. The van der Waals surface area contributed by atoms with E-state index in [0.29, 0.717) is 12.8 Å². The normalized spacial score (nSPS) is 30.3. The fourth-order valence-electron chi connectivity index (χ4n) is 2.54. The zero-order valence-corrected chi connectivity index (χ0v) is 10.9. The number of halogens is 1. The van der Waals surface area contributed by atoms with E-state index in [-0.39, 0.29) is 6.04 Å². The first kappa shape index (κ1) is 12.1. The molecule has 0 aliphatic heterocycles. The summed E-state index contributed by atoms with van der Waals surface area (Å²) in [6, 6.07) is 8.22. The zero-order chi connectivity index (χ0) is 11.6. The molecule has 2 atom stereocenters. The van der Waals surface area contributed by atoms with Crippen LogP contribution >= 0.6 is 15.9 Å². The maximum absolute atomic E-state index is 10.5. The summed E-state index contributed by atoms with van der Waals surface area (Å²) in [4.78, 5) is 0. The maximum atomic E-state index is 10.5. The molecule has 3 heteroatoms. The molecule has 1 aliphatic carbocycles. The minimum atomic E-state index is -0.610. The van der Waals surface area contributed by atoms with Crippen LogP contribution < -0.4 is 5.73 Å². The molecule has 1 aromatic rings. The largest absolute Gasteiger partial charge is 0.389 e. The highest BCUT2D eigenvalue weighted by atomic mass is 79.9. The lowest BCUT2D eigenvalue weighted by Gasteiger charge is -2.35. The third-order valence-corrected chi connectivity index (χ3v) is 4.11. The highest BCUT2D eigenvalue weighted by molar-refractivity contribution is 9.10. The molecular weight excluding hydrogens is 266 g/mol. The molecule has 1 fully saturated rings. The minimum Gasteiger partial charge on any atom is -0.389 e. The SMILES string of the molecule is NC1CCCC(O)(Cc2ccccc2Br)C1. The van der Waals surface area contributed by atoms with Crippen LogP contribution in [0.4, 0.5) is 0 Å². The van der Waals surface area contributed by atoms with Crippen LogP contribution in [0.15, 0.2) is 28.7 Å². The second kappa shape index (κ2) is 4.86. The number of aliphatic hydroxyl groups is 1. The van der Waals surface area contributed by atoms with Crippen molar-refractivity contribution in [3.8, 4) is 0 Å². The molecule has 0 amide bonds. The molecule has 88 valence electrons. The van der Waals surface area contributed by atoms with Crippen molar-refractivity contribution in [3.63, 3.8) is 0 Å². The van der Waals surface area contributed by atoms with Crippen LogP contribution in [0.2, 0.25) is 0 Å². The maximum Gasteiger partial charge on any atom is 0.0703 e. The zero-order valence-electron chi connectivity index (χ0n) is 9.32. The van der Waals surface area contributed by atoms with Gasteiger partial charge in [-0.3, -0.25) is 0 Å². The van der Waals surface area contributed by atoms with E-state index in [0.717, 1.165) is 23.7 Å². The Morgan fingerprint density at radius 2 is 2.19 bits per heavy atom. The average molecular weight is 284 g/mol. The van der Waals surface area contributed by atoms with E-state index in [1.807, 2.05) is 18.2 Å². The number of benzene rings is 1. The summed E-state index contributed by atoms with van der Waals surface area (Å²) in [7, 11) is 0. The third kappa shape index (κ3) is 2.84. The Bertz CT molecular complexity index is 369. The van der Waals surface area contributed by atoms with E-state index in [9.17, 15) is 5.11 Å². The molecule has 1 saturated carbocycles. The van der Waals surface area contributed by atoms with Gasteiger partial charge in [0.2, 0.25) is 0 Å². The summed E-state index contributed by atoms with van der Waals surface area (Å²) >= 11 is 3.52.